The maximum atomic E-state index is 13.5. The Morgan fingerprint density at radius 2 is 1.04 bits per heavy atom. The molecule has 0 bridgehead atoms. The Hall–Kier alpha value is -3.68. The van der Waals surface area contributed by atoms with Gasteiger partial charge in [-0.15, -0.1) is 0 Å². The first-order valence-corrected chi connectivity index (χ1v) is 20.0. The first-order valence-electron chi connectivity index (χ1n) is 20.0. The third kappa shape index (κ3) is 11.7. The van der Waals surface area contributed by atoms with Gasteiger partial charge in [0.2, 0.25) is 0 Å². The lowest BCUT2D eigenvalue weighted by molar-refractivity contribution is -0.163. The molecule has 2 aromatic carbocycles. The quantitative estimate of drug-likeness (QED) is 0.109. The minimum atomic E-state index is -1.77. The first-order chi connectivity index (χ1) is 24.9. The largest absolute Gasteiger partial charge is 0.481 e. The minimum absolute atomic E-state index is 0.217. The monoisotopic (exact) mass is 718 g/mol. The molecule has 2 N–H and O–H groups in total. The Bertz CT molecular complexity index is 1430. The van der Waals surface area contributed by atoms with Crippen molar-refractivity contribution in [1.82, 2.24) is 0 Å². The van der Waals surface area contributed by atoms with E-state index in [-0.39, 0.29) is 11.1 Å². The summed E-state index contributed by atoms with van der Waals surface area (Å²) in [6.07, 6.45) is 15.6. The summed E-state index contributed by atoms with van der Waals surface area (Å²) in [5, 5.41) is 19.9. The van der Waals surface area contributed by atoms with E-state index in [0.717, 1.165) is 48.6 Å². The highest BCUT2D eigenvalue weighted by molar-refractivity contribution is 5.91. The summed E-state index contributed by atoms with van der Waals surface area (Å²) in [6.45, 7) is 7.13. The van der Waals surface area contributed by atoms with Crippen molar-refractivity contribution in [2.75, 3.05) is 0 Å². The highest BCUT2D eigenvalue weighted by Gasteiger charge is 2.47. The highest BCUT2D eigenvalue weighted by atomic mass is 16.6. The van der Waals surface area contributed by atoms with E-state index in [1.54, 1.807) is 24.3 Å². The summed E-state index contributed by atoms with van der Waals surface area (Å²) in [4.78, 5) is 51.3. The van der Waals surface area contributed by atoms with Gasteiger partial charge in [0.25, 0.3) is 0 Å². The average Bonchev–Trinajstić information content (AvgIpc) is 3.14. The van der Waals surface area contributed by atoms with Crippen molar-refractivity contribution in [3.05, 3.63) is 70.8 Å². The summed E-state index contributed by atoms with van der Waals surface area (Å²) in [5.74, 6) is -1.81. The van der Waals surface area contributed by atoms with E-state index in [4.69, 9.17) is 9.47 Å². The van der Waals surface area contributed by atoms with E-state index in [1.165, 1.54) is 90.9 Å². The van der Waals surface area contributed by atoms with Gasteiger partial charge < -0.3 is 19.7 Å². The zero-order valence-electron chi connectivity index (χ0n) is 31.9. The van der Waals surface area contributed by atoms with Crippen molar-refractivity contribution in [3.63, 3.8) is 0 Å². The number of esters is 2. The van der Waals surface area contributed by atoms with Crippen LogP contribution in [-0.4, -0.2) is 46.3 Å². The number of hydrogen-bond acceptors (Lipinski definition) is 6. The number of rotatable bonds is 19. The number of carbonyl (C=O) groups is 4. The van der Waals surface area contributed by atoms with Gasteiger partial charge in [-0.05, 0) is 124 Å². The van der Waals surface area contributed by atoms with E-state index in [1.807, 2.05) is 24.3 Å². The zero-order valence-corrected chi connectivity index (χ0v) is 31.9. The van der Waals surface area contributed by atoms with Gasteiger partial charge in [0, 0.05) is 0 Å². The van der Waals surface area contributed by atoms with Crippen LogP contribution in [0, 0.1) is 17.3 Å². The van der Waals surface area contributed by atoms with Crippen LogP contribution in [0.15, 0.2) is 48.5 Å². The molecular weight excluding hydrogens is 656 g/mol. The van der Waals surface area contributed by atoms with Crippen LogP contribution in [-0.2, 0) is 19.1 Å². The number of ether oxygens (including phenoxy) is 2. The molecule has 0 radical (unpaired) electrons. The van der Waals surface area contributed by atoms with E-state index >= 15 is 0 Å². The van der Waals surface area contributed by atoms with Crippen molar-refractivity contribution in [1.29, 1.82) is 0 Å². The Balaban J connectivity index is 1.41. The summed E-state index contributed by atoms with van der Waals surface area (Å²) in [7, 11) is 0. The van der Waals surface area contributed by atoms with Crippen molar-refractivity contribution >= 4 is 23.9 Å². The fraction of sp³-hybridized carbons (Fsp3) is 0.636. The van der Waals surface area contributed by atoms with E-state index in [0.29, 0.717) is 11.8 Å². The standard InChI is InChI=1S/C44H62O8/c1-5-7-9-11-30-13-17-32(18-14-30)34-21-25-36(26-22-34)41(47)51-38(29-39(45)46)40(44(3,4)43(49)50)52-42(48)37-27-23-35(24-28-37)33-19-15-31(16-20-33)12-10-8-6-2/h21-28,30-33,38,40H,5-20,29H2,1-4H3,(H,45,46)(H,49,50). The molecule has 8 heteroatoms. The van der Waals surface area contributed by atoms with Gasteiger partial charge in [-0.25, -0.2) is 9.59 Å². The first kappa shape index (κ1) is 41.1. The molecule has 0 aliphatic heterocycles. The van der Waals surface area contributed by atoms with Crippen LogP contribution in [0.4, 0.5) is 0 Å². The molecule has 0 spiro atoms. The minimum Gasteiger partial charge on any atom is -0.481 e. The number of unbranched alkanes of at least 4 members (excludes halogenated alkanes) is 4. The lowest BCUT2D eigenvalue weighted by atomic mass is 9.77. The molecule has 286 valence electrons. The van der Waals surface area contributed by atoms with E-state index in [9.17, 15) is 29.4 Å². The lowest BCUT2D eigenvalue weighted by Crippen LogP contribution is -2.49. The Labute approximate surface area is 311 Å². The Morgan fingerprint density at radius 3 is 1.40 bits per heavy atom. The number of benzene rings is 2. The fourth-order valence-electron chi connectivity index (χ4n) is 8.30. The van der Waals surface area contributed by atoms with Gasteiger partial charge in [-0.2, -0.15) is 0 Å². The second-order valence-corrected chi connectivity index (χ2v) is 16.1. The molecule has 2 unspecified atom stereocenters. The molecule has 0 aromatic heterocycles. The molecule has 2 aliphatic carbocycles. The third-order valence-electron chi connectivity index (χ3n) is 11.8. The molecule has 2 aliphatic rings. The molecular formula is C44H62O8. The summed E-state index contributed by atoms with van der Waals surface area (Å²) < 4.78 is 11.5. The molecule has 0 saturated heterocycles. The predicted molar refractivity (Wildman–Crippen MR) is 203 cm³/mol. The van der Waals surface area contributed by atoms with E-state index < -0.39 is 47.9 Å². The van der Waals surface area contributed by atoms with Gasteiger partial charge in [-0.3, -0.25) is 9.59 Å². The van der Waals surface area contributed by atoms with Crippen LogP contribution in [0.3, 0.4) is 0 Å². The Morgan fingerprint density at radius 1 is 0.635 bits per heavy atom. The molecule has 0 amide bonds. The van der Waals surface area contributed by atoms with Crippen molar-refractivity contribution in [2.45, 2.75) is 161 Å². The van der Waals surface area contributed by atoms with Crippen LogP contribution < -0.4 is 0 Å². The number of carboxylic acid groups (broad SMARTS) is 2. The van der Waals surface area contributed by atoms with Crippen molar-refractivity contribution < 1.29 is 38.9 Å². The predicted octanol–water partition coefficient (Wildman–Crippen LogP) is 10.7. The number of aliphatic carboxylic acids is 2. The summed E-state index contributed by atoms with van der Waals surface area (Å²) in [5.41, 5.74) is 0.978. The number of carboxylic acids is 2. The summed E-state index contributed by atoms with van der Waals surface area (Å²) >= 11 is 0. The zero-order chi connectivity index (χ0) is 37.7. The average molecular weight is 719 g/mol. The highest BCUT2D eigenvalue weighted by Crippen LogP contribution is 2.39. The number of carbonyl (C=O) groups excluding carboxylic acids is 2. The van der Waals surface area contributed by atoms with Crippen molar-refractivity contribution in [2.24, 2.45) is 17.3 Å². The fourth-order valence-corrected chi connectivity index (χ4v) is 8.30. The molecule has 4 rings (SSSR count). The van der Waals surface area contributed by atoms with Gasteiger partial charge in [0.1, 0.15) is 5.41 Å². The summed E-state index contributed by atoms with van der Waals surface area (Å²) in [6, 6.07) is 14.4. The maximum absolute atomic E-state index is 13.5. The SMILES string of the molecule is CCCCCC1CCC(c2ccc(C(=O)OC(CC(=O)O)C(OC(=O)c3ccc(C4CCC(CCCCC)CC4)cc3)C(C)(C)C(=O)O)cc2)CC1. The van der Waals surface area contributed by atoms with Crippen LogP contribution in [0.2, 0.25) is 0 Å². The lowest BCUT2D eigenvalue weighted by Gasteiger charge is -2.35. The van der Waals surface area contributed by atoms with Crippen LogP contribution >= 0.6 is 0 Å². The Kier molecular flexibility index (Phi) is 15.8. The topological polar surface area (TPSA) is 127 Å². The maximum Gasteiger partial charge on any atom is 0.338 e. The normalized spacial score (nSPS) is 21.8. The van der Waals surface area contributed by atoms with Gasteiger partial charge in [0.15, 0.2) is 12.2 Å². The molecule has 8 nitrogen and oxygen atoms in total. The van der Waals surface area contributed by atoms with Crippen LogP contribution in [0.5, 0.6) is 0 Å². The molecule has 2 aromatic rings. The van der Waals surface area contributed by atoms with Crippen LogP contribution in [0.25, 0.3) is 0 Å². The molecule has 52 heavy (non-hydrogen) atoms. The second kappa shape index (κ2) is 20.0. The molecule has 2 atom stereocenters. The van der Waals surface area contributed by atoms with Crippen molar-refractivity contribution in [3.8, 4) is 0 Å². The molecule has 2 fully saturated rings. The van der Waals surface area contributed by atoms with Crippen LogP contribution in [0.1, 0.15) is 181 Å². The van der Waals surface area contributed by atoms with Gasteiger partial charge >= 0.3 is 23.9 Å². The third-order valence-corrected chi connectivity index (χ3v) is 11.8. The smallest absolute Gasteiger partial charge is 0.338 e. The second-order valence-electron chi connectivity index (χ2n) is 16.1. The van der Waals surface area contributed by atoms with E-state index in [2.05, 4.69) is 13.8 Å². The van der Waals surface area contributed by atoms with Gasteiger partial charge in [0.05, 0.1) is 17.5 Å². The number of hydrogen-bond donors (Lipinski definition) is 2. The van der Waals surface area contributed by atoms with Gasteiger partial charge in [-0.1, -0.05) is 89.5 Å². The molecule has 2 saturated carbocycles. The molecule has 0 heterocycles.